The second-order valence-electron chi connectivity index (χ2n) is 3.65. The highest BCUT2D eigenvalue weighted by molar-refractivity contribution is 7.46. The Labute approximate surface area is 109 Å². The maximum absolute atomic E-state index is 10.0. The van der Waals surface area contributed by atoms with E-state index in [1.54, 1.807) is 0 Å². The molecule has 0 radical (unpaired) electrons. The Morgan fingerprint density at radius 1 is 1.16 bits per heavy atom. The minimum absolute atomic E-state index is 0.623. The molecule has 7 nitrogen and oxygen atoms in total. The molecule has 5 N–H and O–H groups in total. The van der Waals surface area contributed by atoms with E-state index < -0.39 is 27.1 Å². The fourth-order valence-corrected chi connectivity index (χ4v) is 1.84. The number of hydrogen-bond donors (Lipinski definition) is 5. The molecule has 0 aliphatic carbocycles. The maximum atomic E-state index is 10.0. The molecule has 0 aliphatic heterocycles. The van der Waals surface area contributed by atoms with E-state index in [9.17, 15) is 4.57 Å². The largest absolute Gasteiger partial charge is 0.470 e. The van der Waals surface area contributed by atoms with Gasteiger partial charge in [0, 0.05) is 11.7 Å². The normalized spacial score (nSPS) is 11.4. The van der Waals surface area contributed by atoms with Gasteiger partial charge in [0.05, 0.1) is 13.2 Å². The summed E-state index contributed by atoms with van der Waals surface area (Å²) in [4.78, 5) is 19.4. The maximum Gasteiger partial charge on any atom is 0.470 e. The average Bonchev–Trinajstić information content (AvgIpc) is 2.84. The van der Waals surface area contributed by atoms with Crippen LogP contribution in [0.2, 0.25) is 0 Å². The lowest BCUT2D eigenvalue weighted by Gasteiger charge is -2.11. The number of aliphatic hydroxyl groups is 2. The van der Waals surface area contributed by atoms with Crippen molar-refractivity contribution >= 4 is 18.7 Å². The molecule has 0 saturated heterocycles. The van der Waals surface area contributed by atoms with Gasteiger partial charge in [-0.05, 0) is 17.5 Å². The van der Waals surface area contributed by atoms with Gasteiger partial charge in [-0.1, -0.05) is 18.2 Å². The van der Waals surface area contributed by atoms with Gasteiger partial charge < -0.3 is 25.0 Å². The predicted octanol–water partition coefficient (Wildman–Crippen LogP) is 0.617. The summed E-state index contributed by atoms with van der Waals surface area (Å²) in [6, 6.07) is 10.3. The molecule has 0 atom stereocenters. The third-order valence-corrected chi connectivity index (χ3v) is 2.73. The summed E-state index contributed by atoms with van der Waals surface area (Å²) in [5.41, 5.74) is 1.21. The highest BCUT2D eigenvalue weighted by Gasteiger charge is 2.20. The summed E-state index contributed by atoms with van der Waals surface area (Å²) < 4.78 is 13.9. The lowest BCUT2D eigenvalue weighted by Crippen LogP contribution is -2.20. The van der Waals surface area contributed by atoms with Crippen LogP contribution in [-0.4, -0.2) is 44.3 Å². The molecule has 0 fully saturated rings. The van der Waals surface area contributed by atoms with Gasteiger partial charge in [0.15, 0.2) is 0 Å². The first-order valence-corrected chi connectivity index (χ1v) is 6.97. The number of fused-ring (bicyclic) bond motifs is 1. The summed E-state index contributed by atoms with van der Waals surface area (Å²) in [5.74, 6) is 0. The van der Waals surface area contributed by atoms with Crippen LogP contribution < -0.4 is 0 Å². The second-order valence-corrected chi connectivity index (χ2v) is 4.84. The Kier molecular flexibility index (Phi) is 6.17. The number of hydrogen-bond acceptors (Lipinski definition) is 4. The highest BCUT2D eigenvalue weighted by atomic mass is 31.2. The molecule has 1 aromatic carbocycles. The predicted molar refractivity (Wildman–Crippen MR) is 69.4 cm³/mol. The van der Waals surface area contributed by atoms with E-state index >= 15 is 0 Å². The molecule has 0 spiro atoms. The van der Waals surface area contributed by atoms with Gasteiger partial charge in [-0.25, -0.2) is 4.57 Å². The number of benzene rings is 1. The molecule has 2 aromatic rings. The summed E-state index contributed by atoms with van der Waals surface area (Å²) in [5, 5.41) is 17.8. The Morgan fingerprint density at radius 3 is 2.26 bits per heavy atom. The van der Waals surface area contributed by atoms with Gasteiger partial charge in [-0.15, -0.1) is 0 Å². The molecule has 0 saturated carbocycles. The number of aliphatic hydroxyl groups excluding tert-OH is 2. The minimum atomic E-state index is -4.57. The fourth-order valence-electron chi connectivity index (χ4n) is 1.31. The number of aromatic nitrogens is 1. The summed E-state index contributed by atoms with van der Waals surface area (Å²) in [6.45, 7) is -1.25. The van der Waals surface area contributed by atoms with Crippen LogP contribution in [0.5, 0.6) is 0 Å². The molecule has 0 bridgehead atoms. The van der Waals surface area contributed by atoms with E-state index in [-0.39, 0.29) is 0 Å². The molecule has 0 aliphatic rings. The van der Waals surface area contributed by atoms with Crippen molar-refractivity contribution in [3.8, 4) is 0 Å². The van der Waals surface area contributed by atoms with Crippen molar-refractivity contribution in [2.24, 2.45) is 0 Å². The average molecular weight is 289 g/mol. The van der Waals surface area contributed by atoms with Gasteiger partial charge >= 0.3 is 7.82 Å². The van der Waals surface area contributed by atoms with Crippen LogP contribution in [0.4, 0.5) is 0 Å². The first-order valence-electron chi connectivity index (χ1n) is 5.44. The Bertz CT molecular complexity index is 502. The number of rotatable bonds is 4. The van der Waals surface area contributed by atoms with Crippen molar-refractivity contribution in [1.82, 2.24) is 4.98 Å². The van der Waals surface area contributed by atoms with E-state index in [0.717, 1.165) is 0 Å². The number of phosphoric acid groups is 1. The van der Waals surface area contributed by atoms with Crippen molar-refractivity contribution in [3.63, 3.8) is 0 Å². The van der Waals surface area contributed by atoms with Crippen molar-refractivity contribution in [2.75, 3.05) is 13.2 Å². The highest BCUT2D eigenvalue weighted by Crippen LogP contribution is 2.37. The first kappa shape index (κ1) is 15.8. The Hall–Kier alpha value is -1.21. The van der Waals surface area contributed by atoms with E-state index in [1.807, 2.05) is 18.3 Å². The van der Waals surface area contributed by atoms with Gasteiger partial charge in [-0.3, -0.25) is 4.52 Å². The topological polar surface area (TPSA) is 123 Å². The quantitative estimate of drug-likeness (QED) is 0.526. The van der Waals surface area contributed by atoms with E-state index in [0.29, 0.717) is 0 Å². The molecule has 0 amide bonds. The molecule has 1 aromatic heterocycles. The zero-order chi connectivity index (χ0) is 14.3. The van der Waals surface area contributed by atoms with Crippen molar-refractivity contribution in [2.45, 2.75) is 6.10 Å². The monoisotopic (exact) mass is 289 g/mol. The number of phosphoric ester groups is 1. The fraction of sp³-hybridized carbons (Fsp3) is 0.273. The first-order chi connectivity index (χ1) is 8.96. The smallest absolute Gasteiger partial charge is 0.394 e. The lowest BCUT2D eigenvalue weighted by atomic mass is 10.3. The van der Waals surface area contributed by atoms with Gasteiger partial charge in [0.1, 0.15) is 6.10 Å². The molecule has 8 heteroatoms. The van der Waals surface area contributed by atoms with Crippen LogP contribution >= 0.6 is 7.82 Å². The molecule has 0 unspecified atom stereocenters. The number of aromatic amines is 1. The molecule has 19 heavy (non-hydrogen) atoms. The Morgan fingerprint density at radius 2 is 1.79 bits per heavy atom. The van der Waals surface area contributed by atoms with Crippen molar-refractivity contribution < 1.29 is 29.1 Å². The van der Waals surface area contributed by atoms with Crippen molar-refractivity contribution in [3.05, 3.63) is 36.5 Å². The SMILES string of the molecule is O=P(O)(O)OC(CO)CO.c1ccc2[nH]ccc2c1. The second kappa shape index (κ2) is 7.40. The molecule has 1 heterocycles. The van der Waals surface area contributed by atoms with Crippen LogP contribution in [-0.2, 0) is 9.09 Å². The summed E-state index contributed by atoms with van der Waals surface area (Å²) >= 11 is 0. The van der Waals surface area contributed by atoms with Gasteiger partial charge in [-0.2, -0.15) is 0 Å². The molecular weight excluding hydrogens is 273 g/mol. The zero-order valence-corrected chi connectivity index (χ0v) is 10.9. The van der Waals surface area contributed by atoms with Crippen molar-refractivity contribution in [1.29, 1.82) is 0 Å². The summed E-state index contributed by atoms with van der Waals surface area (Å²) in [6.07, 6.45) is 0.742. The standard InChI is InChI=1S/C8H7N.C3H9O6P/c1-2-4-8-7(3-1)5-6-9-8;4-1-3(2-5)9-10(6,7)8/h1-6,9H;3-5H,1-2H2,(H2,6,7,8). The van der Waals surface area contributed by atoms with Crippen LogP contribution in [0, 0.1) is 0 Å². The lowest BCUT2D eigenvalue weighted by molar-refractivity contribution is 0.0391. The molecular formula is C11H16NO6P. The van der Waals surface area contributed by atoms with Gasteiger partial charge in [0.2, 0.25) is 0 Å². The van der Waals surface area contributed by atoms with E-state index in [4.69, 9.17) is 20.0 Å². The third kappa shape index (κ3) is 5.98. The molecule has 2 rings (SSSR count). The van der Waals surface area contributed by atoms with Crippen LogP contribution in [0.15, 0.2) is 36.5 Å². The number of H-pyrrole nitrogens is 1. The van der Waals surface area contributed by atoms with Crippen LogP contribution in [0.25, 0.3) is 10.9 Å². The summed E-state index contributed by atoms with van der Waals surface area (Å²) in [7, 11) is -4.57. The Balaban J connectivity index is 0.000000190. The number of nitrogens with one attached hydrogen (secondary N) is 1. The van der Waals surface area contributed by atoms with Crippen LogP contribution in [0.3, 0.4) is 0 Å². The minimum Gasteiger partial charge on any atom is -0.394 e. The zero-order valence-electron chi connectivity index (χ0n) is 10.0. The molecule has 106 valence electrons. The number of para-hydroxylation sites is 1. The van der Waals surface area contributed by atoms with Crippen LogP contribution in [0.1, 0.15) is 0 Å². The van der Waals surface area contributed by atoms with E-state index in [2.05, 4.69) is 27.7 Å². The van der Waals surface area contributed by atoms with E-state index in [1.165, 1.54) is 10.9 Å². The third-order valence-electron chi connectivity index (χ3n) is 2.16. The van der Waals surface area contributed by atoms with Gasteiger partial charge in [0.25, 0.3) is 0 Å².